The molecule has 2 N–H and O–H groups in total. The van der Waals surface area contributed by atoms with Crippen LogP contribution < -0.4 is 10.5 Å². The second kappa shape index (κ2) is 3.15. The molecule has 64 valence electrons. The van der Waals surface area contributed by atoms with Gasteiger partial charge in [0.1, 0.15) is 11.9 Å². The Labute approximate surface area is 72.3 Å². The van der Waals surface area contributed by atoms with Gasteiger partial charge in [0, 0.05) is 6.42 Å². The Hall–Kier alpha value is -1.02. The lowest BCUT2D eigenvalue weighted by molar-refractivity contribution is 0.224. The minimum absolute atomic E-state index is 0.312. The highest BCUT2D eigenvalue weighted by Gasteiger charge is 2.20. The van der Waals surface area contributed by atoms with Crippen LogP contribution >= 0.6 is 0 Å². The molecule has 1 aliphatic rings. The largest absolute Gasteiger partial charge is 0.490 e. The molecule has 1 aromatic rings. The van der Waals surface area contributed by atoms with Gasteiger partial charge in [0.05, 0.1) is 0 Å². The normalized spacial score (nSPS) is 20.2. The van der Waals surface area contributed by atoms with E-state index in [0.717, 1.165) is 18.6 Å². The van der Waals surface area contributed by atoms with E-state index in [9.17, 15) is 0 Å². The molecule has 0 aromatic heterocycles. The van der Waals surface area contributed by atoms with Gasteiger partial charge in [-0.25, -0.2) is 0 Å². The number of rotatable bonds is 2. The summed E-state index contributed by atoms with van der Waals surface area (Å²) < 4.78 is 5.67. The van der Waals surface area contributed by atoms with Gasteiger partial charge in [-0.3, -0.25) is 0 Å². The quantitative estimate of drug-likeness (QED) is 0.714. The third-order valence-corrected chi connectivity index (χ3v) is 2.20. The number of benzene rings is 1. The van der Waals surface area contributed by atoms with Crippen LogP contribution in [0.4, 0.5) is 0 Å². The molecule has 12 heavy (non-hydrogen) atoms. The Bertz CT molecular complexity index is 247. The Morgan fingerprint density at radius 1 is 1.42 bits per heavy atom. The minimum atomic E-state index is 0.312. The lowest BCUT2D eigenvalue weighted by atomic mass is 10.1. The molecule has 1 aliphatic heterocycles. The van der Waals surface area contributed by atoms with Crippen LogP contribution in [0.5, 0.6) is 5.75 Å². The number of ether oxygens (including phenoxy) is 1. The summed E-state index contributed by atoms with van der Waals surface area (Å²) in [5.74, 6) is 1.04. The van der Waals surface area contributed by atoms with E-state index in [4.69, 9.17) is 10.5 Å². The molecule has 0 amide bonds. The standard InChI is InChI=1S/C10H13NO/c11-6-5-9-7-8-3-1-2-4-10(8)12-9/h1-4,9H,5-7,11H2/t9-/m1/s1. The van der Waals surface area contributed by atoms with E-state index in [1.165, 1.54) is 5.56 Å². The van der Waals surface area contributed by atoms with E-state index in [1.54, 1.807) is 0 Å². The molecule has 2 nitrogen and oxygen atoms in total. The maximum atomic E-state index is 5.67. The van der Waals surface area contributed by atoms with Crippen LogP contribution in [-0.2, 0) is 6.42 Å². The van der Waals surface area contributed by atoms with Crippen molar-refractivity contribution in [2.24, 2.45) is 5.73 Å². The number of nitrogens with two attached hydrogens (primary N) is 1. The molecule has 0 aliphatic carbocycles. The molecule has 0 saturated heterocycles. The third-order valence-electron chi connectivity index (χ3n) is 2.20. The Kier molecular flexibility index (Phi) is 2.00. The van der Waals surface area contributed by atoms with Crippen molar-refractivity contribution < 1.29 is 4.74 Å². The molecule has 0 saturated carbocycles. The summed E-state index contributed by atoms with van der Waals surface area (Å²) in [6, 6.07) is 8.19. The summed E-state index contributed by atoms with van der Waals surface area (Å²) in [7, 11) is 0. The average molecular weight is 163 g/mol. The van der Waals surface area contributed by atoms with E-state index in [0.29, 0.717) is 12.6 Å². The van der Waals surface area contributed by atoms with Crippen molar-refractivity contribution in [2.45, 2.75) is 18.9 Å². The lowest BCUT2D eigenvalue weighted by Crippen LogP contribution is -2.17. The maximum absolute atomic E-state index is 5.67. The Morgan fingerprint density at radius 3 is 3.00 bits per heavy atom. The Balaban J connectivity index is 2.11. The fourth-order valence-corrected chi connectivity index (χ4v) is 1.60. The van der Waals surface area contributed by atoms with Crippen LogP contribution in [0, 0.1) is 0 Å². The summed E-state index contributed by atoms with van der Waals surface area (Å²) in [5, 5.41) is 0. The van der Waals surface area contributed by atoms with Crippen molar-refractivity contribution in [2.75, 3.05) is 6.54 Å². The first kappa shape index (κ1) is 7.62. The fraction of sp³-hybridized carbons (Fsp3) is 0.400. The van der Waals surface area contributed by atoms with E-state index >= 15 is 0 Å². The van der Waals surface area contributed by atoms with Gasteiger partial charge in [-0.15, -0.1) is 0 Å². The van der Waals surface area contributed by atoms with Gasteiger partial charge in [0.2, 0.25) is 0 Å². The zero-order valence-corrected chi connectivity index (χ0v) is 6.99. The van der Waals surface area contributed by atoms with Crippen LogP contribution in [-0.4, -0.2) is 12.6 Å². The van der Waals surface area contributed by atoms with Crippen LogP contribution in [0.2, 0.25) is 0 Å². The number of para-hydroxylation sites is 1. The monoisotopic (exact) mass is 163 g/mol. The molecular weight excluding hydrogens is 150 g/mol. The first-order valence-electron chi connectivity index (χ1n) is 4.35. The zero-order valence-electron chi connectivity index (χ0n) is 6.99. The van der Waals surface area contributed by atoms with Crippen molar-refractivity contribution in [1.29, 1.82) is 0 Å². The van der Waals surface area contributed by atoms with Gasteiger partial charge in [-0.1, -0.05) is 18.2 Å². The first-order valence-corrected chi connectivity index (χ1v) is 4.35. The van der Waals surface area contributed by atoms with Crippen molar-refractivity contribution in [1.82, 2.24) is 0 Å². The molecule has 1 aromatic carbocycles. The van der Waals surface area contributed by atoms with Crippen LogP contribution in [0.25, 0.3) is 0 Å². The van der Waals surface area contributed by atoms with Gasteiger partial charge >= 0.3 is 0 Å². The van der Waals surface area contributed by atoms with Crippen molar-refractivity contribution in [3.8, 4) is 5.75 Å². The van der Waals surface area contributed by atoms with E-state index < -0.39 is 0 Å². The molecule has 0 fully saturated rings. The summed E-state index contributed by atoms with van der Waals surface area (Å²) >= 11 is 0. The van der Waals surface area contributed by atoms with Crippen molar-refractivity contribution in [3.05, 3.63) is 29.8 Å². The molecule has 1 heterocycles. The van der Waals surface area contributed by atoms with Crippen LogP contribution in [0.3, 0.4) is 0 Å². The SMILES string of the molecule is NCC[C@@H]1Cc2ccccc2O1. The highest BCUT2D eigenvalue weighted by Crippen LogP contribution is 2.28. The predicted octanol–water partition coefficient (Wildman–Crippen LogP) is 1.34. The summed E-state index contributed by atoms with van der Waals surface area (Å²) in [6.07, 6.45) is 2.29. The Morgan fingerprint density at radius 2 is 2.25 bits per heavy atom. The van der Waals surface area contributed by atoms with Gasteiger partial charge in [-0.05, 0) is 24.6 Å². The third kappa shape index (κ3) is 1.30. The molecule has 2 heteroatoms. The van der Waals surface area contributed by atoms with E-state index in [1.807, 2.05) is 18.2 Å². The van der Waals surface area contributed by atoms with Crippen molar-refractivity contribution in [3.63, 3.8) is 0 Å². The number of hydrogen-bond acceptors (Lipinski definition) is 2. The summed E-state index contributed by atoms with van der Waals surface area (Å²) in [4.78, 5) is 0. The van der Waals surface area contributed by atoms with E-state index in [2.05, 4.69) is 6.07 Å². The lowest BCUT2D eigenvalue weighted by Gasteiger charge is -2.07. The number of hydrogen-bond donors (Lipinski definition) is 1. The fourth-order valence-electron chi connectivity index (χ4n) is 1.60. The van der Waals surface area contributed by atoms with Crippen LogP contribution in [0.15, 0.2) is 24.3 Å². The second-order valence-electron chi connectivity index (χ2n) is 3.13. The van der Waals surface area contributed by atoms with Gasteiger partial charge < -0.3 is 10.5 Å². The summed E-state index contributed by atoms with van der Waals surface area (Å²) in [5.41, 5.74) is 6.78. The molecular formula is C10H13NO. The molecule has 0 radical (unpaired) electrons. The maximum Gasteiger partial charge on any atom is 0.123 e. The molecule has 1 atom stereocenters. The smallest absolute Gasteiger partial charge is 0.123 e. The molecule has 0 spiro atoms. The molecule has 2 rings (SSSR count). The van der Waals surface area contributed by atoms with E-state index in [-0.39, 0.29) is 0 Å². The van der Waals surface area contributed by atoms with Gasteiger partial charge in [0.15, 0.2) is 0 Å². The zero-order chi connectivity index (χ0) is 8.39. The topological polar surface area (TPSA) is 35.2 Å². The highest BCUT2D eigenvalue weighted by atomic mass is 16.5. The first-order chi connectivity index (χ1) is 5.90. The molecule has 0 unspecified atom stereocenters. The predicted molar refractivity (Wildman–Crippen MR) is 48.2 cm³/mol. The molecule has 0 bridgehead atoms. The summed E-state index contributed by atoms with van der Waals surface area (Å²) in [6.45, 7) is 0.707. The average Bonchev–Trinajstić information content (AvgIpc) is 2.47. The van der Waals surface area contributed by atoms with Crippen molar-refractivity contribution >= 4 is 0 Å². The van der Waals surface area contributed by atoms with Gasteiger partial charge in [0.25, 0.3) is 0 Å². The van der Waals surface area contributed by atoms with Crippen LogP contribution in [0.1, 0.15) is 12.0 Å². The van der Waals surface area contributed by atoms with Gasteiger partial charge in [-0.2, -0.15) is 0 Å². The second-order valence-corrected chi connectivity index (χ2v) is 3.13. The minimum Gasteiger partial charge on any atom is -0.490 e. The number of fused-ring (bicyclic) bond motifs is 1. The highest BCUT2D eigenvalue weighted by molar-refractivity contribution is 5.37.